The smallest absolute Gasteiger partial charge is 0.280 e. The van der Waals surface area contributed by atoms with E-state index in [0.717, 1.165) is 0 Å². The summed E-state index contributed by atoms with van der Waals surface area (Å²) in [5.74, 6) is 0.264. The molecule has 2 N–H and O–H groups in total. The maximum absolute atomic E-state index is 12.1. The zero-order chi connectivity index (χ0) is 21.5. The molecule has 3 aromatic rings. The second-order valence-corrected chi connectivity index (χ2v) is 6.28. The van der Waals surface area contributed by atoms with Crippen LogP contribution in [0.5, 0.6) is 0 Å². The van der Waals surface area contributed by atoms with Crippen molar-refractivity contribution in [1.29, 1.82) is 0 Å². The first-order valence-electron chi connectivity index (χ1n) is 9.19. The molecule has 0 radical (unpaired) electrons. The Hall–Kier alpha value is -4.20. The summed E-state index contributed by atoms with van der Waals surface area (Å²) >= 11 is 0. The molecule has 0 aliphatic heterocycles. The van der Waals surface area contributed by atoms with Crippen molar-refractivity contribution >= 4 is 35.0 Å². The van der Waals surface area contributed by atoms with E-state index < -0.39 is 4.92 Å². The van der Waals surface area contributed by atoms with Crippen molar-refractivity contribution in [3.8, 4) is 11.3 Å². The second kappa shape index (κ2) is 9.33. The van der Waals surface area contributed by atoms with E-state index in [1.54, 1.807) is 61.5 Å². The molecule has 0 aliphatic rings. The highest BCUT2D eigenvalue weighted by atomic mass is 16.6. The van der Waals surface area contributed by atoms with Crippen LogP contribution in [0.15, 0.2) is 71.2 Å². The Morgan fingerprint density at radius 3 is 2.33 bits per heavy atom. The third-order valence-corrected chi connectivity index (χ3v) is 4.15. The van der Waals surface area contributed by atoms with Gasteiger partial charge in [0.1, 0.15) is 11.5 Å². The molecule has 8 heteroatoms. The van der Waals surface area contributed by atoms with E-state index in [2.05, 4.69) is 10.6 Å². The van der Waals surface area contributed by atoms with Crippen LogP contribution < -0.4 is 10.6 Å². The van der Waals surface area contributed by atoms with Gasteiger partial charge in [0.15, 0.2) is 0 Å². The number of carbonyl (C=O) groups excluding carboxylic acids is 2. The summed E-state index contributed by atoms with van der Waals surface area (Å²) in [6.07, 6.45) is 3.16. The van der Waals surface area contributed by atoms with Gasteiger partial charge >= 0.3 is 0 Å². The molecule has 152 valence electrons. The molecule has 0 aliphatic carbocycles. The molecule has 2 aromatic carbocycles. The number of hydrogen-bond donors (Lipinski definition) is 2. The van der Waals surface area contributed by atoms with Gasteiger partial charge in [0.05, 0.1) is 10.5 Å². The topological polar surface area (TPSA) is 114 Å². The highest BCUT2D eigenvalue weighted by Crippen LogP contribution is 2.31. The standard InChI is InChI=1S/C22H19N3O5/c1-2-21(26)23-15-7-9-16(10-8-15)24-22(27)14-12-17-11-13-20(30-17)18-5-3-4-6-19(18)25(28)29/h3-14H,2H2,1H3,(H,23,26)(H,24,27). The summed E-state index contributed by atoms with van der Waals surface area (Å²) in [6.45, 7) is 1.76. The summed E-state index contributed by atoms with van der Waals surface area (Å²) in [7, 11) is 0. The number of anilines is 2. The maximum Gasteiger partial charge on any atom is 0.280 e. The molecular weight excluding hydrogens is 386 g/mol. The highest BCUT2D eigenvalue weighted by molar-refractivity contribution is 6.02. The molecule has 8 nitrogen and oxygen atoms in total. The fraction of sp³-hybridized carbons (Fsp3) is 0.0909. The van der Waals surface area contributed by atoms with Crippen molar-refractivity contribution < 1.29 is 18.9 Å². The van der Waals surface area contributed by atoms with Crippen molar-refractivity contribution in [3.05, 3.63) is 82.6 Å². The van der Waals surface area contributed by atoms with Crippen LogP contribution in [0.4, 0.5) is 17.1 Å². The normalized spacial score (nSPS) is 10.7. The zero-order valence-corrected chi connectivity index (χ0v) is 16.1. The number of carbonyl (C=O) groups is 2. The first-order valence-corrected chi connectivity index (χ1v) is 9.19. The number of nitro groups is 1. The van der Waals surface area contributed by atoms with Crippen LogP contribution in [0, 0.1) is 10.1 Å². The van der Waals surface area contributed by atoms with Crippen LogP contribution in [0.25, 0.3) is 17.4 Å². The predicted molar refractivity (Wildman–Crippen MR) is 114 cm³/mol. The van der Waals surface area contributed by atoms with Crippen LogP contribution in [0.1, 0.15) is 19.1 Å². The summed E-state index contributed by atoms with van der Waals surface area (Å²) in [5, 5.41) is 16.6. The Bertz CT molecular complexity index is 1100. The molecule has 1 aromatic heterocycles. The molecule has 3 rings (SSSR count). The van der Waals surface area contributed by atoms with Gasteiger partial charge in [-0.05, 0) is 48.5 Å². The van der Waals surface area contributed by atoms with E-state index in [9.17, 15) is 19.7 Å². The third kappa shape index (κ3) is 5.20. The monoisotopic (exact) mass is 405 g/mol. The van der Waals surface area contributed by atoms with Gasteiger partial charge in [0, 0.05) is 29.9 Å². The molecule has 1 heterocycles. The minimum atomic E-state index is -0.472. The lowest BCUT2D eigenvalue weighted by molar-refractivity contribution is -0.384. The lowest BCUT2D eigenvalue weighted by atomic mass is 10.1. The second-order valence-electron chi connectivity index (χ2n) is 6.28. The number of benzene rings is 2. The number of nitro benzene ring substituents is 1. The minimum Gasteiger partial charge on any atom is -0.456 e. The molecule has 0 saturated carbocycles. The highest BCUT2D eigenvalue weighted by Gasteiger charge is 2.16. The Kier molecular flexibility index (Phi) is 6.39. The number of para-hydroxylation sites is 1. The van der Waals surface area contributed by atoms with E-state index in [1.807, 2.05) is 0 Å². The van der Waals surface area contributed by atoms with Crippen LogP contribution in [-0.4, -0.2) is 16.7 Å². The summed E-state index contributed by atoms with van der Waals surface area (Å²) in [6, 6.07) is 16.3. The molecule has 0 unspecified atom stereocenters. The molecular formula is C22H19N3O5. The van der Waals surface area contributed by atoms with E-state index in [-0.39, 0.29) is 17.5 Å². The van der Waals surface area contributed by atoms with Crippen molar-refractivity contribution in [1.82, 2.24) is 0 Å². The number of nitrogens with zero attached hydrogens (tertiary/aromatic N) is 1. The molecule has 0 bridgehead atoms. The number of hydrogen-bond acceptors (Lipinski definition) is 5. The van der Waals surface area contributed by atoms with Crippen molar-refractivity contribution in [3.63, 3.8) is 0 Å². The average Bonchev–Trinajstić information content (AvgIpc) is 3.22. The molecule has 0 fully saturated rings. The quantitative estimate of drug-likeness (QED) is 0.331. The fourth-order valence-electron chi connectivity index (χ4n) is 2.66. The van der Waals surface area contributed by atoms with E-state index in [0.29, 0.717) is 34.9 Å². The van der Waals surface area contributed by atoms with Crippen molar-refractivity contribution in [2.45, 2.75) is 13.3 Å². The van der Waals surface area contributed by atoms with Gasteiger partial charge in [-0.1, -0.05) is 19.1 Å². The van der Waals surface area contributed by atoms with E-state index in [1.165, 1.54) is 18.2 Å². The number of furan rings is 1. The fourth-order valence-corrected chi connectivity index (χ4v) is 2.66. The van der Waals surface area contributed by atoms with Crippen LogP contribution in [0.2, 0.25) is 0 Å². The van der Waals surface area contributed by atoms with Crippen LogP contribution in [0.3, 0.4) is 0 Å². The lowest BCUT2D eigenvalue weighted by Gasteiger charge is -2.05. The van der Waals surface area contributed by atoms with Crippen molar-refractivity contribution in [2.24, 2.45) is 0 Å². The van der Waals surface area contributed by atoms with Gasteiger partial charge in [-0.15, -0.1) is 0 Å². The number of rotatable bonds is 7. The summed E-state index contributed by atoms with van der Waals surface area (Å²) < 4.78 is 5.61. The number of nitrogens with one attached hydrogen (secondary N) is 2. The maximum atomic E-state index is 12.1. The lowest BCUT2D eigenvalue weighted by Crippen LogP contribution is -2.10. The predicted octanol–water partition coefficient (Wildman–Crippen LogP) is 4.86. The number of amides is 2. The molecule has 2 amide bonds. The Morgan fingerprint density at radius 1 is 1.00 bits per heavy atom. The molecule has 0 saturated heterocycles. The van der Waals surface area contributed by atoms with Gasteiger partial charge in [-0.25, -0.2) is 0 Å². The van der Waals surface area contributed by atoms with Gasteiger partial charge < -0.3 is 15.1 Å². The summed E-state index contributed by atoms with van der Waals surface area (Å²) in [4.78, 5) is 34.2. The van der Waals surface area contributed by atoms with E-state index >= 15 is 0 Å². The SMILES string of the molecule is CCC(=O)Nc1ccc(NC(=O)C=Cc2ccc(-c3ccccc3[N+](=O)[O-])o2)cc1. The van der Waals surface area contributed by atoms with E-state index in [4.69, 9.17) is 4.42 Å². The van der Waals surface area contributed by atoms with Gasteiger partial charge in [0.25, 0.3) is 5.69 Å². The summed E-state index contributed by atoms with van der Waals surface area (Å²) in [5.41, 5.74) is 1.52. The molecule has 0 spiro atoms. The third-order valence-electron chi connectivity index (χ3n) is 4.15. The largest absolute Gasteiger partial charge is 0.456 e. The van der Waals surface area contributed by atoms with Gasteiger partial charge in [-0.3, -0.25) is 19.7 Å². The van der Waals surface area contributed by atoms with Crippen LogP contribution >= 0.6 is 0 Å². The van der Waals surface area contributed by atoms with Crippen molar-refractivity contribution in [2.75, 3.05) is 10.6 Å². The first kappa shape index (κ1) is 20.5. The van der Waals surface area contributed by atoms with Crippen LogP contribution in [-0.2, 0) is 9.59 Å². The molecule has 0 atom stereocenters. The Morgan fingerprint density at radius 2 is 1.67 bits per heavy atom. The Balaban J connectivity index is 1.64. The van der Waals surface area contributed by atoms with Gasteiger partial charge in [-0.2, -0.15) is 0 Å². The first-order chi connectivity index (χ1) is 14.5. The van der Waals surface area contributed by atoms with Gasteiger partial charge in [0.2, 0.25) is 11.8 Å². The molecule has 30 heavy (non-hydrogen) atoms. The Labute approximate surface area is 172 Å². The zero-order valence-electron chi connectivity index (χ0n) is 16.1. The average molecular weight is 405 g/mol. The minimum absolute atomic E-state index is 0.0568.